The molecule has 0 saturated heterocycles. The van der Waals surface area contributed by atoms with Crippen molar-refractivity contribution >= 4 is 29.3 Å². The van der Waals surface area contributed by atoms with E-state index in [0.717, 1.165) is 15.6 Å². The third-order valence-corrected chi connectivity index (χ3v) is 3.33. The highest BCUT2D eigenvalue weighted by Crippen LogP contribution is 2.27. The molecule has 0 spiro atoms. The summed E-state index contributed by atoms with van der Waals surface area (Å²) in [6.45, 7) is 1.97. The summed E-state index contributed by atoms with van der Waals surface area (Å²) < 4.78 is 0. The average Bonchev–Trinajstić information content (AvgIpc) is 2.35. The molecule has 0 unspecified atom stereocenters. The fourth-order valence-corrected chi connectivity index (χ4v) is 2.07. The van der Waals surface area contributed by atoms with E-state index in [-0.39, 0.29) is 0 Å². The lowest BCUT2D eigenvalue weighted by Gasteiger charge is -2.05. The highest BCUT2D eigenvalue weighted by molar-refractivity contribution is 7.99. The van der Waals surface area contributed by atoms with Crippen LogP contribution in [0.2, 0.25) is 5.02 Å². The monoisotopic (exact) mass is 266 g/mol. The third kappa shape index (κ3) is 3.08. The van der Waals surface area contributed by atoms with Crippen molar-refractivity contribution in [1.82, 2.24) is 15.0 Å². The van der Waals surface area contributed by atoms with Crippen LogP contribution < -0.4 is 5.32 Å². The third-order valence-electron chi connectivity index (χ3n) is 2.05. The molecule has 0 aromatic carbocycles. The standard InChI is InChI=1S/C11H11ClN4S/c1-7-5-15-11(13-2)16-10(7)17-9-4-3-8(12)6-14-9/h3-6H,1-2H3,(H,13,15,16). The quantitative estimate of drug-likeness (QED) is 0.866. The molecule has 0 atom stereocenters. The van der Waals surface area contributed by atoms with Gasteiger partial charge in [0.05, 0.1) is 5.02 Å². The van der Waals surface area contributed by atoms with Crippen molar-refractivity contribution in [2.45, 2.75) is 17.0 Å². The Labute approximate surface area is 109 Å². The predicted octanol–water partition coefficient (Wildman–Crippen LogP) is 3.03. The van der Waals surface area contributed by atoms with Crippen molar-refractivity contribution in [1.29, 1.82) is 0 Å². The molecule has 2 rings (SSSR count). The van der Waals surface area contributed by atoms with E-state index in [1.807, 2.05) is 19.1 Å². The molecular formula is C11H11ClN4S. The SMILES string of the molecule is CNc1ncc(C)c(Sc2ccc(Cl)cn2)n1. The number of nitrogens with one attached hydrogen (secondary N) is 1. The minimum absolute atomic E-state index is 0.604. The topological polar surface area (TPSA) is 50.7 Å². The average molecular weight is 267 g/mol. The van der Waals surface area contributed by atoms with Crippen LogP contribution in [0.1, 0.15) is 5.56 Å². The summed E-state index contributed by atoms with van der Waals surface area (Å²) >= 11 is 7.28. The number of pyridine rings is 1. The molecule has 0 bridgehead atoms. The molecule has 0 saturated carbocycles. The second-order valence-electron chi connectivity index (χ2n) is 3.35. The number of aromatic nitrogens is 3. The first-order chi connectivity index (χ1) is 8.19. The van der Waals surface area contributed by atoms with Crippen LogP contribution in [0.3, 0.4) is 0 Å². The zero-order valence-corrected chi connectivity index (χ0v) is 11.0. The van der Waals surface area contributed by atoms with Crippen molar-refractivity contribution in [2.24, 2.45) is 0 Å². The van der Waals surface area contributed by atoms with Gasteiger partial charge in [0.2, 0.25) is 5.95 Å². The number of halogens is 1. The molecule has 0 fully saturated rings. The number of hydrogen-bond donors (Lipinski definition) is 1. The van der Waals surface area contributed by atoms with Crippen LogP contribution in [0.4, 0.5) is 5.95 Å². The molecule has 4 nitrogen and oxygen atoms in total. The summed E-state index contributed by atoms with van der Waals surface area (Å²) in [7, 11) is 1.79. The maximum atomic E-state index is 5.79. The first-order valence-electron chi connectivity index (χ1n) is 5.00. The van der Waals surface area contributed by atoms with Gasteiger partial charge in [-0.1, -0.05) is 11.6 Å². The molecule has 0 aliphatic rings. The number of aryl methyl sites for hydroxylation is 1. The van der Waals surface area contributed by atoms with Gasteiger partial charge in [-0.3, -0.25) is 0 Å². The van der Waals surface area contributed by atoms with Crippen LogP contribution in [-0.2, 0) is 0 Å². The van der Waals surface area contributed by atoms with Crippen LogP contribution >= 0.6 is 23.4 Å². The van der Waals surface area contributed by atoms with E-state index in [1.54, 1.807) is 19.4 Å². The Bertz CT molecular complexity index is 515. The first kappa shape index (κ1) is 12.1. The van der Waals surface area contributed by atoms with Gasteiger partial charge in [0.25, 0.3) is 0 Å². The van der Waals surface area contributed by atoms with Gasteiger partial charge < -0.3 is 5.32 Å². The Morgan fingerprint density at radius 2 is 2.06 bits per heavy atom. The lowest BCUT2D eigenvalue weighted by molar-refractivity contribution is 0.998. The van der Waals surface area contributed by atoms with Crippen LogP contribution in [0.5, 0.6) is 0 Å². The van der Waals surface area contributed by atoms with Gasteiger partial charge in [0, 0.05) is 25.0 Å². The summed E-state index contributed by atoms with van der Waals surface area (Å²) in [6, 6.07) is 3.68. The summed E-state index contributed by atoms with van der Waals surface area (Å²) in [5.41, 5.74) is 1.02. The molecule has 2 heterocycles. The smallest absolute Gasteiger partial charge is 0.223 e. The maximum absolute atomic E-state index is 5.79. The molecule has 0 amide bonds. The fraction of sp³-hybridized carbons (Fsp3) is 0.182. The molecule has 2 aromatic rings. The van der Waals surface area contributed by atoms with Gasteiger partial charge in [-0.25, -0.2) is 15.0 Å². The first-order valence-corrected chi connectivity index (χ1v) is 6.19. The Morgan fingerprint density at radius 1 is 1.24 bits per heavy atom. The highest BCUT2D eigenvalue weighted by Gasteiger charge is 2.06. The van der Waals surface area contributed by atoms with Gasteiger partial charge in [0.1, 0.15) is 10.1 Å². The van der Waals surface area contributed by atoms with Crippen molar-refractivity contribution in [3.63, 3.8) is 0 Å². The predicted molar refractivity (Wildman–Crippen MR) is 69.7 cm³/mol. The molecule has 88 valence electrons. The summed E-state index contributed by atoms with van der Waals surface area (Å²) in [5, 5.41) is 5.29. The molecule has 17 heavy (non-hydrogen) atoms. The Kier molecular flexibility index (Phi) is 3.81. The molecule has 2 aromatic heterocycles. The molecule has 6 heteroatoms. The van der Waals surface area contributed by atoms with E-state index in [2.05, 4.69) is 20.3 Å². The minimum atomic E-state index is 0.604. The number of rotatable bonds is 3. The van der Waals surface area contributed by atoms with Crippen molar-refractivity contribution in [2.75, 3.05) is 12.4 Å². The van der Waals surface area contributed by atoms with Gasteiger partial charge in [0.15, 0.2) is 0 Å². The largest absolute Gasteiger partial charge is 0.357 e. The summed E-state index contributed by atoms with van der Waals surface area (Å²) in [6.07, 6.45) is 3.41. The second-order valence-corrected chi connectivity index (χ2v) is 4.79. The van der Waals surface area contributed by atoms with E-state index >= 15 is 0 Å². The Hall–Kier alpha value is -1.33. The van der Waals surface area contributed by atoms with Gasteiger partial charge >= 0.3 is 0 Å². The Morgan fingerprint density at radius 3 is 2.71 bits per heavy atom. The number of nitrogens with zero attached hydrogens (tertiary/aromatic N) is 3. The van der Waals surface area contributed by atoms with Crippen LogP contribution in [0.15, 0.2) is 34.6 Å². The zero-order valence-electron chi connectivity index (χ0n) is 9.44. The fourth-order valence-electron chi connectivity index (χ4n) is 1.17. The van der Waals surface area contributed by atoms with Crippen LogP contribution in [0.25, 0.3) is 0 Å². The van der Waals surface area contributed by atoms with Crippen molar-refractivity contribution in [3.05, 3.63) is 35.1 Å². The minimum Gasteiger partial charge on any atom is -0.357 e. The normalized spacial score (nSPS) is 10.3. The molecule has 0 aliphatic carbocycles. The van der Waals surface area contributed by atoms with E-state index in [9.17, 15) is 0 Å². The number of hydrogen-bond acceptors (Lipinski definition) is 5. The molecule has 0 aliphatic heterocycles. The van der Waals surface area contributed by atoms with Gasteiger partial charge in [-0.15, -0.1) is 0 Å². The lowest BCUT2D eigenvalue weighted by Crippen LogP contribution is -1.98. The van der Waals surface area contributed by atoms with E-state index in [4.69, 9.17) is 11.6 Å². The van der Waals surface area contributed by atoms with Crippen molar-refractivity contribution in [3.8, 4) is 0 Å². The van der Waals surface area contributed by atoms with Gasteiger partial charge in [-0.2, -0.15) is 0 Å². The maximum Gasteiger partial charge on any atom is 0.223 e. The van der Waals surface area contributed by atoms with Gasteiger partial charge in [-0.05, 0) is 30.8 Å². The van der Waals surface area contributed by atoms with Crippen molar-refractivity contribution < 1.29 is 0 Å². The zero-order chi connectivity index (χ0) is 12.3. The molecule has 1 N–H and O–H groups in total. The van der Waals surface area contributed by atoms with Crippen LogP contribution in [0, 0.1) is 6.92 Å². The number of anilines is 1. The van der Waals surface area contributed by atoms with E-state index in [0.29, 0.717) is 11.0 Å². The summed E-state index contributed by atoms with van der Waals surface area (Å²) in [5.74, 6) is 0.604. The Balaban J connectivity index is 2.25. The second kappa shape index (κ2) is 5.33. The summed E-state index contributed by atoms with van der Waals surface area (Å²) in [4.78, 5) is 12.7. The molecular weight excluding hydrogens is 256 g/mol. The van der Waals surface area contributed by atoms with E-state index in [1.165, 1.54) is 11.8 Å². The van der Waals surface area contributed by atoms with E-state index < -0.39 is 0 Å². The molecule has 0 radical (unpaired) electrons. The lowest BCUT2D eigenvalue weighted by atomic mass is 10.4. The van der Waals surface area contributed by atoms with Crippen LogP contribution in [-0.4, -0.2) is 22.0 Å². The highest BCUT2D eigenvalue weighted by atomic mass is 35.5.